The number of hydrogen-bond donors (Lipinski definition) is 1. The van der Waals surface area contributed by atoms with E-state index in [9.17, 15) is 13.2 Å². The van der Waals surface area contributed by atoms with Crippen molar-refractivity contribution in [3.63, 3.8) is 0 Å². The molecule has 1 aromatic heterocycles. The fourth-order valence-electron chi connectivity index (χ4n) is 3.33. The van der Waals surface area contributed by atoms with Gasteiger partial charge in [0.15, 0.2) is 0 Å². The average molecular weight is 425 g/mol. The monoisotopic (exact) mass is 424 g/mol. The Bertz CT molecular complexity index is 1340. The zero-order chi connectivity index (χ0) is 20.6. The van der Waals surface area contributed by atoms with Crippen molar-refractivity contribution in [1.29, 1.82) is 0 Å². The van der Waals surface area contributed by atoms with Crippen molar-refractivity contribution in [2.45, 2.75) is 17.9 Å². The summed E-state index contributed by atoms with van der Waals surface area (Å²) < 4.78 is 31.4. The molecule has 0 fully saturated rings. The zero-order valence-electron chi connectivity index (χ0n) is 16.0. The Kier molecular flexibility index (Phi) is 5.12. The van der Waals surface area contributed by atoms with Crippen LogP contribution in [0.15, 0.2) is 82.5 Å². The van der Waals surface area contributed by atoms with Crippen molar-refractivity contribution >= 4 is 31.6 Å². The summed E-state index contributed by atoms with van der Waals surface area (Å²) in [6, 6.07) is 21.5. The van der Waals surface area contributed by atoms with Gasteiger partial charge >= 0.3 is 4.87 Å². The highest BCUT2D eigenvalue weighted by atomic mass is 32.2. The molecule has 1 atom stereocenters. The first-order chi connectivity index (χ1) is 13.8. The van der Waals surface area contributed by atoms with Gasteiger partial charge in [0.25, 0.3) is 0 Å². The molecule has 5 nitrogen and oxygen atoms in total. The van der Waals surface area contributed by atoms with Crippen molar-refractivity contribution in [3.8, 4) is 0 Å². The second-order valence-electron chi connectivity index (χ2n) is 6.94. The van der Waals surface area contributed by atoms with Crippen molar-refractivity contribution in [1.82, 2.24) is 9.29 Å². The lowest BCUT2D eigenvalue weighted by molar-refractivity contribution is 0.572. The van der Waals surface area contributed by atoms with Crippen LogP contribution in [0.5, 0.6) is 0 Å². The summed E-state index contributed by atoms with van der Waals surface area (Å²) in [6.45, 7) is 1.98. The van der Waals surface area contributed by atoms with Gasteiger partial charge in [0.1, 0.15) is 0 Å². The standard InChI is InChI=1S/C22H20N2O3S2/c1-15-7-6-10-17(13-15)21(16-8-4-3-5-9-16)23-29(26,27)18-11-12-19-20(14-18)28-22(25)24(19)2/h3-14,21,23H,1-2H3/t21-/m0/s1. The maximum Gasteiger partial charge on any atom is 0.307 e. The molecule has 148 valence electrons. The summed E-state index contributed by atoms with van der Waals surface area (Å²) in [4.78, 5) is 11.9. The highest BCUT2D eigenvalue weighted by Crippen LogP contribution is 2.27. The van der Waals surface area contributed by atoms with E-state index in [2.05, 4.69) is 4.72 Å². The van der Waals surface area contributed by atoms with Gasteiger partial charge in [0.2, 0.25) is 10.0 Å². The SMILES string of the molecule is Cc1cccc([C@@H](NS(=O)(=O)c2ccc3c(c2)sc(=O)n3C)c2ccccc2)c1. The zero-order valence-corrected chi connectivity index (χ0v) is 17.6. The highest BCUT2D eigenvalue weighted by molar-refractivity contribution is 7.89. The molecule has 0 unspecified atom stereocenters. The summed E-state index contributed by atoms with van der Waals surface area (Å²) in [5.74, 6) is 0. The summed E-state index contributed by atoms with van der Waals surface area (Å²) in [7, 11) is -2.14. The van der Waals surface area contributed by atoms with Gasteiger partial charge in [-0.25, -0.2) is 8.42 Å². The first-order valence-corrected chi connectivity index (χ1v) is 11.4. The summed E-state index contributed by atoms with van der Waals surface area (Å²) in [6.07, 6.45) is 0. The van der Waals surface area contributed by atoms with Crippen LogP contribution in [0, 0.1) is 6.92 Å². The Hall–Kier alpha value is -2.74. The van der Waals surface area contributed by atoms with Gasteiger partial charge < -0.3 is 4.57 Å². The van der Waals surface area contributed by atoms with Crippen LogP contribution in [0.4, 0.5) is 0 Å². The number of nitrogens with one attached hydrogen (secondary N) is 1. The molecule has 4 rings (SSSR count). The van der Waals surface area contributed by atoms with E-state index in [1.54, 1.807) is 19.2 Å². The van der Waals surface area contributed by atoms with Gasteiger partial charge in [-0.05, 0) is 36.2 Å². The molecule has 0 aliphatic rings. The minimum absolute atomic E-state index is 0.121. The molecule has 0 spiro atoms. The fraction of sp³-hybridized carbons (Fsp3) is 0.136. The van der Waals surface area contributed by atoms with Crippen molar-refractivity contribution in [2.75, 3.05) is 0 Å². The van der Waals surface area contributed by atoms with Gasteiger partial charge in [0, 0.05) is 7.05 Å². The van der Waals surface area contributed by atoms with Crippen LogP contribution in [-0.4, -0.2) is 13.0 Å². The van der Waals surface area contributed by atoms with Crippen LogP contribution in [0.3, 0.4) is 0 Å². The lowest BCUT2D eigenvalue weighted by Gasteiger charge is -2.20. The summed E-state index contributed by atoms with van der Waals surface area (Å²) >= 11 is 1.04. The van der Waals surface area contributed by atoms with E-state index < -0.39 is 16.1 Å². The molecule has 0 aliphatic heterocycles. The molecule has 0 bridgehead atoms. The summed E-state index contributed by atoms with van der Waals surface area (Å²) in [5.41, 5.74) is 3.49. The lowest BCUT2D eigenvalue weighted by atomic mass is 9.98. The minimum Gasteiger partial charge on any atom is -0.302 e. The largest absolute Gasteiger partial charge is 0.307 e. The number of nitrogens with zero attached hydrogens (tertiary/aromatic N) is 1. The Balaban J connectivity index is 1.77. The normalized spacial score (nSPS) is 12.9. The molecular weight excluding hydrogens is 404 g/mol. The minimum atomic E-state index is -3.82. The number of thiazole rings is 1. The maximum absolute atomic E-state index is 13.2. The molecule has 4 aromatic rings. The number of benzene rings is 3. The van der Waals surface area contributed by atoms with Crippen LogP contribution >= 0.6 is 11.3 Å². The van der Waals surface area contributed by atoms with E-state index in [0.717, 1.165) is 33.5 Å². The van der Waals surface area contributed by atoms with Gasteiger partial charge in [-0.3, -0.25) is 4.79 Å². The smallest absolute Gasteiger partial charge is 0.302 e. The third-order valence-electron chi connectivity index (χ3n) is 4.86. The molecule has 0 amide bonds. The number of hydrogen-bond acceptors (Lipinski definition) is 4. The van der Waals surface area contributed by atoms with Crippen LogP contribution in [-0.2, 0) is 17.1 Å². The van der Waals surface area contributed by atoms with Gasteiger partial charge in [0.05, 0.1) is 21.2 Å². The molecule has 1 heterocycles. The molecule has 3 aromatic carbocycles. The molecule has 0 saturated heterocycles. The van der Waals surface area contributed by atoms with Gasteiger partial charge in [-0.1, -0.05) is 71.5 Å². The Morgan fingerprint density at radius 2 is 1.66 bits per heavy atom. The lowest BCUT2D eigenvalue weighted by Crippen LogP contribution is -2.29. The van der Waals surface area contributed by atoms with Gasteiger partial charge in [-0.2, -0.15) is 4.72 Å². The Morgan fingerprint density at radius 3 is 2.38 bits per heavy atom. The molecule has 1 N–H and O–H groups in total. The Labute approximate surface area is 173 Å². The van der Waals surface area contributed by atoms with E-state index in [-0.39, 0.29) is 9.77 Å². The fourth-order valence-corrected chi connectivity index (χ4v) is 5.56. The van der Waals surface area contributed by atoms with Crippen LogP contribution in [0.2, 0.25) is 0 Å². The topological polar surface area (TPSA) is 68.2 Å². The van der Waals surface area contributed by atoms with Crippen LogP contribution < -0.4 is 9.60 Å². The van der Waals surface area contributed by atoms with Crippen LogP contribution in [0.1, 0.15) is 22.7 Å². The van der Waals surface area contributed by atoms with E-state index >= 15 is 0 Å². The predicted molar refractivity (Wildman–Crippen MR) is 117 cm³/mol. The average Bonchev–Trinajstić information content (AvgIpc) is 3.00. The van der Waals surface area contributed by atoms with Crippen molar-refractivity contribution in [3.05, 3.63) is 99.2 Å². The number of aromatic nitrogens is 1. The number of aryl methyl sites for hydroxylation is 2. The molecular formula is C22H20N2O3S2. The van der Waals surface area contributed by atoms with Gasteiger partial charge in [-0.15, -0.1) is 0 Å². The number of fused-ring (bicyclic) bond motifs is 1. The molecule has 0 aliphatic carbocycles. The second kappa shape index (κ2) is 7.59. The van der Waals surface area contributed by atoms with E-state index in [1.165, 1.54) is 10.6 Å². The van der Waals surface area contributed by atoms with Crippen molar-refractivity contribution < 1.29 is 8.42 Å². The van der Waals surface area contributed by atoms with Crippen molar-refractivity contribution in [2.24, 2.45) is 7.05 Å². The molecule has 7 heteroatoms. The highest BCUT2D eigenvalue weighted by Gasteiger charge is 2.23. The quantitative estimate of drug-likeness (QED) is 0.527. The van der Waals surface area contributed by atoms with Crippen LogP contribution in [0.25, 0.3) is 10.2 Å². The number of rotatable bonds is 5. The predicted octanol–water partition coefficient (Wildman–Crippen LogP) is 3.98. The first-order valence-electron chi connectivity index (χ1n) is 9.08. The van der Waals surface area contributed by atoms with E-state index in [1.807, 2.05) is 61.5 Å². The summed E-state index contributed by atoms with van der Waals surface area (Å²) in [5, 5.41) is 0. The van der Waals surface area contributed by atoms with E-state index in [0.29, 0.717) is 4.70 Å². The van der Waals surface area contributed by atoms with E-state index in [4.69, 9.17) is 0 Å². The second-order valence-corrected chi connectivity index (χ2v) is 9.64. The molecule has 0 saturated carbocycles. The maximum atomic E-state index is 13.2. The third kappa shape index (κ3) is 3.89. The molecule has 0 radical (unpaired) electrons. The Morgan fingerprint density at radius 1 is 0.931 bits per heavy atom. The number of sulfonamides is 1. The molecule has 29 heavy (non-hydrogen) atoms. The first kappa shape index (κ1) is 19.6. The third-order valence-corrected chi connectivity index (χ3v) is 7.27.